The van der Waals surface area contributed by atoms with Gasteiger partial charge in [-0.3, -0.25) is 4.99 Å². The van der Waals surface area contributed by atoms with Gasteiger partial charge in [-0.15, -0.1) is 0 Å². The van der Waals surface area contributed by atoms with E-state index in [9.17, 15) is 0 Å². The molecule has 0 saturated heterocycles. The third kappa shape index (κ3) is 3.04. The molecule has 1 nitrogen and oxygen atoms in total. The Kier molecular flexibility index (Phi) is 4.39. The first-order valence-electron chi connectivity index (χ1n) is 8.39. The number of hydrogen-bond donors (Lipinski definition) is 0. The molecule has 0 amide bonds. The van der Waals surface area contributed by atoms with Crippen LogP contribution in [0, 0.1) is 10.8 Å². The predicted molar refractivity (Wildman–Crippen MR) is 98.2 cm³/mol. The van der Waals surface area contributed by atoms with Crippen molar-refractivity contribution >= 4 is 6.21 Å². The van der Waals surface area contributed by atoms with E-state index in [4.69, 9.17) is 4.99 Å². The van der Waals surface area contributed by atoms with Crippen LogP contribution in [0.2, 0.25) is 0 Å². The highest BCUT2D eigenvalue weighted by atomic mass is 14.7. The van der Waals surface area contributed by atoms with E-state index in [2.05, 4.69) is 60.9 Å². The van der Waals surface area contributed by atoms with Gasteiger partial charge in [-0.1, -0.05) is 40.9 Å². The normalized spacial score (nSPS) is 25.4. The van der Waals surface area contributed by atoms with E-state index >= 15 is 0 Å². The molecule has 0 aromatic rings. The van der Waals surface area contributed by atoms with Crippen LogP contribution in [-0.2, 0) is 0 Å². The molecular weight excluding hydrogens is 266 g/mol. The molecule has 0 atom stereocenters. The van der Waals surface area contributed by atoms with Gasteiger partial charge >= 0.3 is 0 Å². The van der Waals surface area contributed by atoms with E-state index in [0.29, 0.717) is 0 Å². The fourth-order valence-corrected chi connectivity index (χ4v) is 3.42. The van der Waals surface area contributed by atoms with Crippen molar-refractivity contribution in [2.45, 2.75) is 67.2 Å². The summed E-state index contributed by atoms with van der Waals surface area (Å²) in [7, 11) is 0. The lowest BCUT2D eigenvalue weighted by molar-refractivity contribution is 0.397. The van der Waals surface area contributed by atoms with Crippen molar-refractivity contribution in [3.05, 3.63) is 46.7 Å². The number of rotatable bonds is 2. The van der Waals surface area contributed by atoms with Crippen LogP contribution in [0.4, 0.5) is 0 Å². The molecule has 2 aliphatic rings. The van der Waals surface area contributed by atoms with Crippen molar-refractivity contribution in [2.24, 2.45) is 15.8 Å². The third-order valence-corrected chi connectivity index (χ3v) is 5.84. The van der Waals surface area contributed by atoms with Gasteiger partial charge in [0.15, 0.2) is 0 Å². The molecule has 0 saturated carbocycles. The molecule has 0 unspecified atom stereocenters. The Morgan fingerprint density at radius 3 is 1.95 bits per heavy atom. The molecule has 0 aromatic carbocycles. The quantitative estimate of drug-likeness (QED) is 0.523. The maximum atomic E-state index is 4.83. The molecule has 1 heteroatoms. The van der Waals surface area contributed by atoms with Crippen LogP contribution in [0.15, 0.2) is 51.7 Å². The summed E-state index contributed by atoms with van der Waals surface area (Å²) < 4.78 is 0. The molecule has 0 aromatic heterocycles. The standard InChI is InChI=1S/C21H31N/c1-14-16(3)20(5,6)11-9-18(14)13-22-19-10-12-21(7,8)17(4)15(19)2/h13H,3-4,9-12H2,1-2,5-8H3/b22-13+. The van der Waals surface area contributed by atoms with E-state index in [1.165, 1.54) is 33.6 Å². The molecule has 0 N–H and O–H groups in total. The third-order valence-electron chi connectivity index (χ3n) is 5.84. The molecule has 2 rings (SSSR count). The maximum Gasteiger partial charge on any atom is 0.0435 e. The molecule has 0 spiro atoms. The van der Waals surface area contributed by atoms with E-state index in [1.54, 1.807) is 0 Å². The lowest BCUT2D eigenvalue weighted by atomic mass is 9.71. The summed E-state index contributed by atoms with van der Waals surface area (Å²) in [6.07, 6.45) is 6.52. The summed E-state index contributed by atoms with van der Waals surface area (Å²) in [6, 6.07) is 0. The number of hydrogen-bond acceptors (Lipinski definition) is 1. The van der Waals surface area contributed by atoms with Crippen LogP contribution in [0.3, 0.4) is 0 Å². The van der Waals surface area contributed by atoms with Crippen LogP contribution in [0.25, 0.3) is 0 Å². The molecule has 0 aliphatic heterocycles. The monoisotopic (exact) mass is 297 g/mol. The first-order chi connectivity index (χ1) is 10.1. The van der Waals surface area contributed by atoms with Gasteiger partial charge in [0.2, 0.25) is 0 Å². The minimum absolute atomic E-state index is 0.210. The molecule has 120 valence electrons. The summed E-state index contributed by atoms with van der Waals surface area (Å²) >= 11 is 0. The Morgan fingerprint density at radius 1 is 0.864 bits per heavy atom. The van der Waals surface area contributed by atoms with Gasteiger partial charge in [-0.25, -0.2) is 0 Å². The Bertz CT molecular complexity index is 552. The lowest BCUT2D eigenvalue weighted by Gasteiger charge is -2.34. The van der Waals surface area contributed by atoms with Gasteiger partial charge in [0.1, 0.15) is 0 Å². The van der Waals surface area contributed by atoms with Crippen molar-refractivity contribution < 1.29 is 0 Å². The Morgan fingerprint density at radius 2 is 1.36 bits per heavy atom. The van der Waals surface area contributed by atoms with Crippen LogP contribution in [0.5, 0.6) is 0 Å². The van der Waals surface area contributed by atoms with Gasteiger partial charge in [0, 0.05) is 11.9 Å². The number of nitrogens with zero attached hydrogens (tertiary/aromatic N) is 1. The zero-order valence-electron chi connectivity index (χ0n) is 15.3. The summed E-state index contributed by atoms with van der Waals surface area (Å²) in [5.74, 6) is 0. The van der Waals surface area contributed by atoms with E-state index in [0.717, 1.165) is 25.7 Å². The molecule has 0 fully saturated rings. The van der Waals surface area contributed by atoms with Gasteiger partial charge in [0.05, 0.1) is 0 Å². The van der Waals surface area contributed by atoms with Crippen LogP contribution < -0.4 is 0 Å². The maximum absolute atomic E-state index is 4.83. The first kappa shape index (κ1) is 17.0. The largest absolute Gasteiger partial charge is 0.261 e. The first-order valence-corrected chi connectivity index (χ1v) is 8.39. The minimum atomic E-state index is 0.210. The predicted octanol–water partition coefficient (Wildman–Crippen LogP) is 6.40. The summed E-state index contributed by atoms with van der Waals surface area (Å²) in [6.45, 7) is 22.1. The van der Waals surface area contributed by atoms with Gasteiger partial charge in [-0.05, 0) is 78.2 Å². The number of allylic oxidation sites excluding steroid dienone is 6. The van der Waals surface area contributed by atoms with Crippen molar-refractivity contribution in [1.82, 2.24) is 0 Å². The van der Waals surface area contributed by atoms with E-state index in [-0.39, 0.29) is 10.8 Å². The Hall–Kier alpha value is -1.37. The highest BCUT2D eigenvalue weighted by Gasteiger charge is 2.30. The summed E-state index contributed by atoms with van der Waals surface area (Å²) in [5, 5.41) is 0. The van der Waals surface area contributed by atoms with Crippen molar-refractivity contribution in [3.8, 4) is 0 Å². The zero-order chi connectivity index (χ0) is 16.7. The topological polar surface area (TPSA) is 12.4 Å². The van der Waals surface area contributed by atoms with Crippen LogP contribution >= 0.6 is 0 Å². The van der Waals surface area contributed by atoms with Gasteiger partial charge in [-0.2, -0.15) is 0 Å². The molecule has 22 heavy (non-hydrogen) atoms. The van der Waals surface area contributed by atoms with Gasteiger partial charge < -0.3 is 0 Å². The second-order valence-electron chi connectivity index (χ2n) is 8.21. The SMILES string of the molecule is C=C1C(C)=C(/C=N/C2=C(C)C(=C)C(C)(C)CC2)CCC1(C)C. The highest BCUT2D eigenvalue weighted by Crippen LogP contribution is 2.43. The molecular formula is C21H31N. The average molecular weight is 297 g/mol. The molecule has 0 bridgehead atoms. The fraction of sp³-hybridized carbons (Fsp3) is 0.571. The Balaban J connectivity index is 2.27. The van der Waals surface area contributed by atoms with E-state index in [1.807, 2.05) is 0 Å². The smallest absolute Gasteiger partial charge is 0.0435 e. The number of aliphatic imine (C=N–C) groups is 1. The van der Waals surface area contributed by atoms with E-state index < -0.39 is 0 Å². The van der Waals surface area contributed by atoms with Crippen molar-refractivity contribution in [3.63, 3.8) is 0 Å². The second kappa shape index (κ2) is 5.68. The van der Waals surface area contributed by atoms with Crippen molar-refractivity contribution in [2.75, 3.05) is 0 Å². The summed E-state index contributed by atoms with van der Waals surface area (Å²) in [4.78, 5) is 4.83. The second-order valence-corrected chi connectivity index (χ2v) is 8.21. The molecule has 0 heterocycles. The highest BCUT2D eigenvalue weighted by molar-refractivity contribution is 5.82. The summed E-state index contributed by atoms with van der Waals surface area (Å²) in [5.41, 5.74) is 8.10. The molecule has 2 aliphatic carbocycles. The average Bonchev–Trinajstić information content (AvgIpc) is 2.44. The fourth-order valence-electron chi connectivity index (χ4n) is 3.42. The van der Waals surface area contributed by atoms with Crippen LogP contribution in [-0.4, -0.2) is 6.21 Å². The van der Waals surface area contributed by atoms with Crippen molar-refractivity contribution in [1.29, 1.82) is 0 Å². The zero-order valence-corrected chi connectivity index (χ0v) is 15.3. The molecule has 0 radical (unpaired) electrons. The minimum Gasteiger partial charge on any atom is -0.261 e. The van der Waals surface area contributed by atoms with Gasteiger partial charge in [0.25, 0.3) is 0 Å². The lowest BCUT2D eigenvalue weighted by Crippen LogP contribution is -2.21. The van der Waals surface area contributed by atoms with Crippen LogP contribution in [0.1, 0.15) is 67.2 Å². The Labute approximate surface area is 136 Å².